The van der Waals surface area contributed by atoms with E-state index in [1.807, 2.05) is 25.8 Å². The third-order valence-electron chi connectivity index (χ3n) is 2.18. The molecule has 0 saturated heterocycles. The number of nitrogens with two attached hydrogens (primary N) is 1. The van der Waals surface area contributed by atoms with Crippen molar-refractivity contribution in [3.8, 4) is 0 Å². The smallest absolute Gasteiger partial charge is 0.208 e. The molecule has 17 heavy (non-hydrogen) atoms. The minimum Gasteiger partial charge on any atom is -0.382 e. The molecule has 0 aromatic heterocycles. The second-order valence-electron chi connectivity index (χ2n) is 3.52. The first-order valence-corrected chi connectivity index (χ1v) is 6.13. The standard InChI is InChI=1S/C11H26N4O2/c1-4-16-9-6-7-13-11(14-12)15(3)8-10-17-5-2/h4-10,12H2,1-3H3,(H,13,14). The lowest BCUT2D eigenvalue weighted by atomic mass is 10.4. The Kier molecular flexibility index (Phi) is 11.0. The van der Waals surface area contributed by atoms with Gasteiger partial charge in [-0.2, -0.15) is 0 Å². The van der Waals surface area contributed by atoms with Crippen LogP contribution in [-0.4, -0.2) is 57.4 Å². The third kappa shape index (κ3) is 8.91. The van der Waals surface area contributed by atoms with E-state index in [1.54, 1.807) is 0 Å². The summed E-state index contributed by atoms with van der Waals surface area (Å²) in [7, 11) is 1.93. The van der Waals surface area contributed by atoms with E-state index in [2.05, 4.69) is 10.4 Å². The number of likely N-dealkylation sites (N-methyl/N-ethyl adjacent to an activating group) is 1. The summed E-state index contributed by atoms with van der Waals surface area (Å²) in [5.74, 6) is 6.11. The summed E-state index contributed by atoms with van der Waals surface area (Å²) in [5, 5.41) is 0. The van der Waals surface area contributed by atoms with Gasteiger partial charge in [0.15, 0.2) is 0 Å². The lowest BCUT2D eigenvalue weighted by Gasteiger charge is -2.20. The molecule has 3 N–H and O–H groups in total. The molecule has 0 heterocycles. The van der Waals surface area contributed by atoms with Crippen molar-refractivity contribution in [3.63, 3.8) is 0 Å². The summed E-state index contributed by atoms with van der Waals surface area (Å²) in [6.45, 7) is 8.32. The average Bonchev–Trinajstić information content (AvgIpc) is 2.34. The predicted molar refractivity (Wildman–Crippen MR) is 69.9 cm³/mol. The van der Waals surface area contributed by atoms with Gasteiger partial charge in [-0.1, -0.05) is 0 Å². The zero-order valence-electron chi connectivity index (χ0n) is 11.2. The van der Waals surface area contributed by atoms with Crippen LogP contribution in [0.3, 0.4) is 0 Å². The van der Waals surface area contributed by atoms with Crippen molar-refractivity contribution in [3.05, 3.63) is 0 Å². The molecular weight excluding hydrogens is 220 g/mol. The maximum atomic E-state index is 5.42. The fraction of sp³-hybridized carbons (Fsp3) is 0.909. The molecule has 0 radical (unpaired) electrons. The molecule has 0 amide bonds. The highest BCUT2D eigenvalue weighted by molar-refractivity contribution is 5.79. The van der Waals surface area contributed by atoms with E-state index in [1.165, 1.54) is 0 Å². The fourth-order valence-electron chi connectivity index (χ4n) is 1.22. The van der Waals surface area contributed by atoms with E-state index in [0.717, 1.165) is 32.8 Å². The van der Waals surface area contributed by atoms with Crippen LogP contribution in [0.4, 0.5) is 0 Å². The van der Waals surface area contributed by atoms with Gasteiger partial charge in [0.1, 0.15) is 0 Å². The van der Waals surface area contributed by atoms with Gasteiger partial charge in [0.25, 0.3) is 0 Å². The summed E-state index contributed by atoms with van der Waals surface area (Å²) in [6, 6.07) is 0. The van der Waals surface area contributed by atoms with Crippen LogP contribution < -0.4 is 11.3 Å². The van der Waals surface area contributed by atoms with E-state index in [-0.39, 0.29) is 0 Å². The molecule has 0 unspecified atom stereocenters. The number of ether oxygens (including phenoxy) is 2. The molecule has 0 aliphatic carbocycles. The van der Waals surface area contributed by atoms with E-state index in [0.29, 0.717) is 19.1 Å². The molecule has 0 aromatic carbocycles. The minimum absolute atomic E-state index is 0.673. The van der Waals surface area contributed by atoms with Gasteiger partial charge in [0, 0.05) is 40.0 Å². The number of hydrogen-bond donors (Lipinski definition) is 2. The summed E-state index contributed by atoms with van der Waals surface area (Å²) in [6.07, 6.45) is 0.901. The number of hydrazine groups is 1. The van der Waals surface area contributed by atoms with Gasteiger partial charge in [-0.25, -0.2) is 5.84 Å². The number of hydrogen-bond acceptors (Lipinski definition) is 4. The first kappa shape index (κ1) is 16.1. The Hall–Kier alpha value is -0.850. The number of nitrogens with one attached hydrogen (secondary N) is 1. The molecule has 0 rings (SSSR count). The molecule has 102 valence electrons. The maximum absolute atomic E-state index is 5.42. The molecule has 0 aromatic rings. The largest absolute Gasteiger partial charge is 0.382 e. The lowest BCUT2D eigenvalue weighted by Crippen LogP contribution is -2.44. The van der Waals surface area contributed by atoms with E-state index in [9.17, 15) is 0 Å². The van der Waals surface area contributed by atoms with Gasteiger partial charge in [0.05, 0.1) is 6.61 Å². The van der Waals surface area contributed by atoms with Crippen LogP contribution in [-0.2, 0) is 9.47 Å². The summed E-state index contributed by atoms with van der Waals surface area (Å²) >= 11 is 0. The number of aliphatic imine (C=N–C) groups is 1. The number of guanidine groups is 1. The van der Waals surface area contributed by atoms with Crippen LogP contribution in [0.5, 0.6) is 0 Å². The highest BCUT2D eigenvalue weighted by atomic mass is 16.5. The van der Waals surface area contributed by atoms with Crippen LogP contribution in [0.2, 0.25) is 0 Å². The average molecular weight is 246 g/mol. The zero-order chi connectivity index (χ0) is 12.9. The van der Waals surface area contributed by atoms with Crippen molar-refractivity contribution < 1.29 is 9.47 Å². The van der Waals surface area contributed by atoms with Crippen molar-refractivity contribution in [2.75, 3.05) is 46.6 Å². The van der Waals surface area contributed by atoms with Gasteiger partial charge in [0.2, 0.25) is 5.96 Å². The highest BCUT2D eigenvalue weighted by Crippen LogP contribution is 1.89. The number of nitrogens with zero attached hydrogens (tertiary/aromatic N) is 2. The van der Waals surface area contributed by atoms with Gasteiger partial charge < -0.3 is 14.4 Å². The van der Waals surface area contributed by atoms with Gasteiger partial charge in [-0.15, -0.1) is 0 Å². The monoisotopic (exact) mass is 246 g/mol. The normalized spacial score (nSPS) is 11.6. The fourth-order valence-corrected chi connectivity index (χ4v) is 1.22. The SMILES string of the molecule is CCOCCCN=C(NN)N(C)CCOCC. The Morgan fingerprint density at radius 3 is 2.47 bits per heavy atom. The maximum Gasteiger partial charge on any atom is 0.208 e. The molecule has 0 saturated carbocycles. The molecule has 0 fully saturated rings. The zero-order valence-corrected chi connectivity index (χ0v) is 11.2. The van der Waals surface area contributed by atoms with Crippen LogP contribution in [0.1, 0.15) is 20.3 Å². The summed E-state index contributed by atoms with van der Waals surface area (Å²) in [4.78, 5) is 6.30. The third-order valence-corrected chi connectivity index (χ3v) is 2.18. The van der Waals surface area contributed by atoms with Gasteiger partial charge in [-0.05, 0) is 20.3 Å². The second-order valence-corrected chi connectivity index (χ2v) is 3.52. The lowest BCUT2D eigenvalue weighted by molar-refractivity contribution is 0.136. The van der Waals surface area contributed by atoms with Crippen molar-refractivity contribution >= 4 is 5.96 Å². The Morgan fingerprint density at radius 2 is 1.88 bits per heavy atom. The molecule has 6 heteroatoms. The first-order valence-electron chi connectivity index (χ1n) is 6.13. The molecule has 0 bridgehead atoms. The Morgan fingerprint density at radius 1 is 1.24 bits per heavy atom. The Bertz CT molecular complexity index is 200. The minimum atomic E-state index is 0.673. The van der Waals surface area contributed by atoms with Crippen molar-refractivity contribution in [2.45, 2.75) is 20.3 Å². The van der Waals surface area contributed by atoms with Crippen molar-refractivity contribution in [1.82, 2.24) is 10.3 Å². The van der Waals surface area contributed by atoms with E-state index in [4.69, 9.17) is 15.3 Å². The molecular formula is C11H26N4O2. The highest BCUT2D eigenvalue weighted by Gasteiger charge is 2.03. The van der Waals surface area contributed by atoms with Crippen molar-refractivity contribution in [2.24, 2.45) is 10.8 Å². The second kappa shape index (κ2) is 11.6. The van der Waals surface area contributed by atoms with E-state index >= 15 is 0 Å². The summed E-state index contributed by atoms with van der Waals surface area (Å²) in [5.41, 5.74) is 2.60. The summed E-state index contributed by atoms with van der Waals surface area (Å²) < 4.78 is 10.5. The van der Waals surface area contributed by atoms with Crippen LogP contribution in [0.25, 0.3) is 0 Å². The Labute approximate surface area is 104 Å². The van der Waals surface area contributed by atoms with Gasteiger partial charge in [-0.3, -0.25) is 10.4 Å². The molecule has 0 atom stereocenters. The van der Waals surface area contributed by atoms with Crippen LogP contribution >= 0.6 is 0 Å². The topological polar surface area (TPSA) is 72.1 Å². The van der Waals surface area contributed by atoms with E-state index < -0.39 is 0 Å². The number of rotatable bonds is 9. The van der Waals surface area contributed by atoms with Crippen LogP contribution in [0, 0.1) is 0 Å². The van der Waals surface area contributed by atoms with Crippen LogP contribution in [0.15, 0.2) is 4.99 Å². The first-order chi connectivity index (χ1) is 8.26. The molecule has 0 aliphatic rings. The molecule has 0 spiro atoms. The molecule has 0 aliphatic heterocycles. The molecule has 6 nitrogen and oxygen atoms in total. The van der Waals surface area contributed by atoms with Gasteiger partial charge >= 0.3 is 0 Å². The predicted octanol–water partition coefficient (Wildman–Crippen LogP) is 0.201. The Balaban J connectivity index is 3.81. The van der Waals surface area contributed by atoms with Crippen molar-refractivity contribution in [1.29, 1.82) is 0 Å². The quantitative estimate of drug-likeness (QED) is 0.200.